The smallest absolute Gasteiger partial charge is 0.407 e. The third-order valence-corrected chi connectivity index (χ3v) is 5.13. The van der Waals surface area contributed by atoms with Crippen molar-refractivity contribution >= 4 is 17.9 Å². The Balaban J connectivity index is 1.45. The Bertz CT molecular complexity index is 868. The van der Waals surface area contributed by atoms with E-state index in [9.17, 15) is 9.59 Å². The molecule has 0 aliphatic carbocycles. The molecule has 2 fully saturated rings. The quantitative estimate of drug-likeness (QED) is 0.837. The van der Waals surface area contributed by atoms with Crippen LogP contribution in [0.4, 0.5) is 10.7 Å². The lowest BCUT2D eigenvalue weighted by atomic mass is 9.91. The minimum absolute atomic E-state index is 0.0212. The molecule has 2 aromatic rings. The topological polar surface area (TPSA) is 110 Å². The fourth-order valence-electron chi connectivity index (χ4n) is 3.60. The summed E-state index contributed by atoms with van der Waals surface area (Å²) in [5, 5.41) is 2.70. The van der Waals surface area contributed by atoms with E-state index >= 15 is 0 Å². The number of amides is 2. The lowest BCUT2D eigenvalue weighted by molar-refractivity contribution is 0.00331. The second kappa shape index (κ2) is 6.53. The fraction of sp³-hybridized carbons (Fsp3) is 0.368. The number of likely N-dealkylation sites (tertiary alicyclic amines) is 1. The van der Waals surface area contributed by atoms with Crippen molar-refractivity contribution in [3.63, 3.8) is 0 Å². The molecular weight excluding hydrogens is 346 g/mol. The summed E-state index contributed by atoms with van der Waals surface area (Å²) in [6.07, 6.45) is 0.926. The van der Waals surface area contributed by atoms with Gasteiger partial charge in [-0.1, -0.05) is 12.1 Å². The van der Waals surface area contributed by atoms with E-state index in [0.717, 1.165) is 17.0 Å². The van der Waals surface area contributed by atoms with Gasteiger partial charge >= 0.3 is 6.09 Å². The largest absolute Gasteiger partial charge is 0.441 e. The zero-order valence-corrected chi connectivity index (χ0v) is 15.1. The van der Waals surface area contributed by atoms with Crippen LogP contribution in [0.1, 0.15) is 28.9 Å². The van der Waals surface area contributed by atoms with Gasteiger partial charge in [0.2, 0.25) is 5.95 Å². The molecule has 2 saturated heterocycles. The second-order valence-corrected chi connectivity index (χ2v) is 7.05. The van der Waals surface area contributed by atoms with Crippen LogP contribution in [0.15, 0.2) is 30.3 Å². The molecule has 3 N–H and O–H groups in total. The van der Waals surface area contributed by atoms with Gasteiger partial charge in [-0.3, -0.25) is 4.79 Å². The van der Waals surface area contributed by atoms with Gasteiger partial charge in [0.25, 0.3) is 5.91 Å². The number of nitrogens with one attached hydrogen (secondary N) is 1. The van der Waals surface area contributed by atoms with Gasteiger partial charge in [-0.25, -0.2) is 14.8 Å². The summed E-state index contributed by atoms with van der Waals surface area (Å²) in [6.45, 7) is 3.51. The predicted octanol–water partition coefficient (Wildman–Crippen LogP) is 1.75. The number of carbonyl (C=O) groups is 2. The van der Waals surface area contributed by atoms with Crippen LogP contribution in [0.3, 0.4) is 0 Å². The molecule has 2 aliphatic rings. The Labute approximate surface area is 156 Å². The minimum Gasteiger partial charge on any atom is -0.441 e. The number of ether oxygens (including phenoxy) is 1. The highest BCUT2D eigenvalue weighted by atomic mass is 16.6. The minimum atomic E-state index is -0.456. The molecule has 8 heteroatoms. The number of nitrogens with two attached hydrogens (primary N) is 1. The van der Waals surface area contributed by atoms with Crippen molar-refractivity contribution in [1.82, 2.24) is 20.2 Å². The number of hydrogen-bond acceptors (Lipinski definition) is 6. The van der Waals surface area contributed by atoms with E-state index in [1.54, 1.807) is 17.0 Å². The number of anilines is 1. The van der Waals surface area contributed by atoms with Crippen LogP contribution >= 0.6 is 0 Å². The highest BCUT2D eigenvalue weighted by molar-refractivity contribution is 5.94. The maximum Gasteiger partial charge on any atom is 0.407 e. The standard InChI is InChI=1S/C19H21N5O3/c1-12-10-15(23-17(20)22-12)13-2-4-14(5-3-13)16(25)24-8-6-19(7-9-24)11-21-18(26)27-19/h2-5,10H,6-9,11H2,1H3,(H,21,26)(H2,20,22,23). The monoisotopic (exact) mass is 367 g/mol. The molecule has 0 unspecified atom stereocenters. The number of piperidine rings is 1. The summed E-state index contributed by atoms with van der Waals surface area (Å²) in [6, 6.07) is 9.18. The molecule has 1 spiro atoms. The molecule has 3 heterocycles. The Kier molecular flexibility index (Phi) is 4.18. The molecule has 1 aromatic carbocycles. The van der Waals surface area contributed by atoms with Gasteiger partial charge in [-0.05, 0) is 25.1 Å². The molecule has 1 aromatic heterocycles. The van der Waals surface area contributed by atoms with E-state index in [1.807, 2.05) is 25.1 Å². The molecule has 8 nitrogen and oxygen atoms in total. The fourth-order valence-corrected chi connectivity index (χ4v) is 3.60. The van der Waals surface area contributed by atoms with E-state index in [1.165, 1.54) is 0 Å². The number of hydrogen-bond donors (Lipinski definition) is 2. The van der Waals surface area contributed by atoms with Crippen molar-refractivity contribution in [2.45, 2.75) is 25.4 Å². The molecule has 27 heavy (non-hydrogen) atoms. The number of benzene rings is 1. The summed E-state index contributed by atoms with van der Waals surface area (Å²) in [5.41, 5.74) is 8.28. The Morgan fingerprint density at radius 1 is 1.22 bits per heavy atom. The summed E-state index contributed by atoms with van der Waals surface area (Å²) < 4.78 is 5.40. The predicted molar refractivity (Wildman–Crippen MR) is 99.0 cm³/mol. The summed E-state index contributed by atoms with van der Waals surface area (Å²) in [4.78, 5) is 34.2. The number of nitrogens with zero attached hydrogens (tertiary/aromatic N) is 3. The van der Waals surface area contributed by atoms with Gasteiger partial charge in [0.15, 0.2) is 0 Å². The summed E-state index contributed by atoms with van der Waals surface area (Å²) in [5.74, 6) is 0.210. The van der Waals surface area contributed by atoms with Gasteiger partial charge in [-0.15, -0.1) is 0 Å². The van der Waals surface area contributed by atoms with Crippen molar-refractivity contribution in [2.24, 2.45) is 0 Å². The average Bonchev–Trinajstić information content (AvgIpc) is 3.01. The second-order valence-electron chi connectivity index (χ2n) is 7.05. The highest BCUT2D eigenvalue weighted by Crippen LogP contribution is 2.30. The van der Waals surface area contributed by atoms with Gasteiger partial charge in [0.05, 0.1) is 12.2 Å². The van der Waals surface area contributed by atoms with Crippen molar-refractivity contribution in [2.75, 3.05) is 25.4 Å². The highest BCUT2D eigenvalue weighted by Gasteiger charge is 2.43. The molecule has 2 aliphatic heterocycles. The third kappa shape index (κ3) is 3.42. The first kappa shape index (κ1) is 17.3. The van der Waals surface area contributed by atoms with Gasteiger partial charge in [0, 0.05) is 42.8 Å². The first-order valence-electron chi connectivity index (χ1n) is 8.92. The number of aromatic nitrogens is 2. The lowest BCUT2D eigenvalue weighted by Gasteiger charge is -2.37. The molecule has 2 amide bonds. The maximum atomic E-state index is 12.8. The SMILES string of the molecule is Cc1cc(-c2ccc(C(=O)N3CCC4(CC3)CNC(=O)O4)cc2)nc(N)n1. The van der Waals surface area contributed by atoms with E-state index in [-0.39, 0.29) is 17.9 Å². The Hall–Kier alpha value is -3.16. The molecule has 0 radical (unpaired) electrons. The summed E-state index contributed by atoms with van der Waals surface area (Å²) >= 11 is 0. The number of aryl methyl sites for hydroxylation is 1. The van der Waals surface area contributed by atoms with Crippen LogP contribution in [-0.2, 0) is 4.74 Å². The van der Waals surface area contributed by atoms with Crippen molar-refractivity contribution in [3.05, 3.63) is 41.6 Å². The van der Waals surface area contributed by atoms with Crippen LogP contribution in [0.25, 0.3) is 11.3 Å². The van der Waals surface area contributed by atoms with Crippen LogP contribution in [0.5, 0.6) is 0 Å². The van der Waals surface area contributed by atoms with Crippen molar-refractivity contribution in [3.8, 4) is 11.3 Å². The summed E-state index contributed by atoms with van der Waals surface area (Å²) in [7, 11) is 0. The van der Waals surface area contributed by atoms with Crippen molar-refractivity contribution in [1.29, 1.82) is 0 Å². The number of rotatable bonds is 2. The van der Waals surface area contributed by atoms with Crippen molar-refractivity contribution < 1.29 is 14.3 Å². The van der Waals surface area contributed by atoms with E-state index in [2.05, 4.69) is 15.3 Å². The molecular formula is C19H21N5O3. The zero-order valence-electron chi connectivity index (χ0n) is 15.1. The van der Waals surface area contributed by atoms with Crippen LogP contribution in [0, 0.1) is 6.92 Å². The van der Waals surface area contributed by atoms with Gasteiger partial charge in [0.1, 0.15) is 5.60 Å². The number of carbonyl (C=O) groups excluding carboxylic acids is 2. The van der Waals surface area contributed by atoms with E-state index < -0.39 is 5.60 Å². The molecule has 0 atom stereocenters. The molecule has 4 rings (SSSR count). The lowest BCUT2D eigenvalue weighted by Crippen LogP contribution is -2.48. The van der Waals surface area contributed by atoms with Crippen LogP contribution < -0.4 is 11.1 Å². The average molecular weight is 367 g/mol. The third-order valence-electron chi connectivity index (χ3n) is 5.13. The molecule has 0 saturated carbocycles. The normalized spacial score (nSPS) is 18.3. The number of alkyl carbamates (subject to hydrolysis) is 1. The van der Waals surface area contributed by atoms with Gasteiger partial charge in [-0.2, -0.15) is 0 Å². The molecule has 0 bridgehead atoms. The Morgan fingerprint density at radius 2 is 1.93 bits per heavy atom. The van der Waals surface area contributed by atoms with Gasteiger partial charge < -0.3 is 20.7 Å². The molecule has 140 valence electrons. The zero-order chi connectivity index (χ0) is 19.0. The van der Waals surface area contributed by atoms with E-state index in [0.29, 0.717) is 38.0 Å². The Morgan fingerprint density at radius 3 is 2.52 bits per heavy atom. The van der Waals surface area contributed by atoms with E-state index in [4.69, 9.17) is 10.5 Å². The van der Waals surface area contributed by atoms with Crippen LogP contribution in [0.2, 0.25) is 0 Å². The first-order chi connectivity index (χ1) is 12.9. The first-order valence-corrected chi connectivity index (χ1v) is 8.92. The van der Waals surface area contributed by atoms with Crippen LogP contribution in [-0.4, -0.2) is 52.1 Å². The maximum absolute atomic E-state index is 12.8. The number of nitrogen functional groups attached to an aromatic ring is 1.